The summed E-state index contributed by atoms with van der Waals surface area (Å²) in [4.78, 5) is 0.338. The number of hydrogen-bond acceptors (Lipinski definition) is 2. The second-order valence-corrected chi connectivity index (χ2v) is 8.53. The number of benzene rings is 3. The molecule has 0 aliphatic heterocycles. The van der Waals surface area contributed by atoms with Crippen molar-refractivity contribution in [2.24, 2.45) is 0 Å². The molecule has 0 radical (unpaired) electrons. The average molecular weight is 362 g/mol. The minimum atomic E-state index is -3.54. The van der Waals surface area contributed by atoms with E-state index in [1.54, 1.807) is 18.2 Å². The third-order valence-electron chi connectivity index (χ3n) is 4.35. The van der Waals surface area contributed by atoms with Gasteiger partial charge in [-0.2, -0.15) is 0 Å². The van der Waals surface area contributed by atoms with Gasteiger partial charge in [-0.1, -0.05) is 90.0 Å². The fourth-order valence-corrected chi connectivity index (χ4v) is 4.40. The molecule has 0 aromatic heterocycles. The molecule has 132 valence electrons. The van der Waals surface area contributed by atoms with E-state index < -0.39 is 15.1 Å². The summed E-state index contributed by atoms with van der Waals surface area (Å²) >= 11 is 0. The minimum absolute atomic E-state index is 0.338. The molecule has 26 heavy (non-hydrogen) atoms. The molecule has 3 rings (SSSR count). The maximum absolute atomic E-state index is 13.3. The van der Waals surface area contributed by atoms with Crippen LogP contribution in [0.25, 0.3) is 6.08 Å². The van der Waals surface area contributed by atoms with Crippen LogP contribution in [0.15, 0.2) is 89.8 Å². The summed E-state index contributed by atoms with van der Waals surface area (Å²) in [6.45, 7) is 3.98. The molecule has 1 atom stereocenters. The van der Waals surface area contributed by atoms with E-state index in [0.717, 1.165) is 16.7 Å². The summed E-state index contributed by atoms with van der Waals surface area (Å²) in [6.07, 6.45) is 3.65. The lowest BCUT2D eigenvalue weighted by Gasteiger charge is -2.15. The zero-order chi connectivity index (χ0) is 18.6. The zero-order valence-electron chi connectivity index (χ0n) is 15.0. The first-order chi connectivity index (χ1) is 12.5. The van der Waals surface area contributed by atoms with Crippen molar-refractivity contribution in [3.05, 3.63) is 107 Å². The summed E-state index contributed by atoms with van der Waals surface area (Å²) < 4.78 is 26.5. The van der Waals surface area contributed by atoms with Gasteiger partial charge in [0.1, 0.15) is 5.25 Å². The van der Waals surface area contributed by atoms with Crippen molar-refractivity contribution in [3.8, 4) is 0 Å². The van der Waals surface area contributed by atoms with E-state index in [9.17, 15) is 8.42 Å². The molecule has 1 unspecified atom stereocenters. The van der Waals surface area contributed by atoms with Gasteiger partial charge in [0.15, 0.2) is 9.84 Å². The molecule has 0 saturated carbocycles. The molecular weight excluding hydrogens is 340 g/mol. The molecule has 0 bridgehead atoms. The topological polar surface area (TPSA) is 34.1 Å². The number of rotatable bonds is 5. The van der Waals surface area contributed by atoms with Crippen LogP contribution >= 0.6 is 0 Å². The maximum Gasteiger partial charge on any atom is 0.188 e. The van der Waals surface area contributed by atoms with Crippen molar-refractivity contribution < 1.29 is 8.42 Å². The molecule has 0 spiro atoms. The van der Waals surface area contributed by atoms with Crippen LogP contribution in [0.3, 0.4) is 0 Å². The van der Waals surface area contributed by atoms with Gasteiger partial charge in [0.25, 0.3) is 0 Å². The SMILES string of the molecule is Cc1ccc(/C=C/C(c2ccccc2)S(=O)(=O)c2ccc(C)cc2)cc1. The Morgan fingerprint density at radius 1 is 0.731 bits per heavy atom. The van der Waals surface area contributed by atoms with E-state index in [-0.39, 0.29) is 0 Å². The molecule has 0 amide bonds. The van der Waals surface area contributed by atoms with E-state index in [2.05, 4.69) is 0 Å². The van der Waals surface area contributed by atoms with Crippen molar-refractivity contribution in [1.29, 1.82) is 0 Å². The summed E-state index contributed by atoms with van der Waals surface area (Å²) in [7, 11) is -3.54. The van der Waals surface area contributed by atoms with Gasteiger partial charge in [-0.25, -0.2) is 8.42 Å². The third-order valence-corrected chi connectivity index (χ3v) is 6.38. The van der Waals surface area contributed by atoms with Gasteiger partial charge in [-0.05, 0) is 37.1 Å². The first-order valence-electron chi connectivity index (χ1n) is 8.57. The standard InChI is InChI=1S/C23H22O2S/c1-18-8-12-20(13-9-18)14-17-23(21-6-4-3-5-7-21)26(24,25)22-15-10-19(2)11-16-22/h3-17,23H,1-2H3/b17-14+. The lowest BCUT2D eigenvalue weighted by Crippen LogP contribution is -2.12. The van der Waals surface area contributed by atoms with Crippen molar-refractivity contribution in [3.63, 3.8) is 0 Å². The highest BCUT2D eigenvalue weighted by Crippen LogP contribution is 2.31. The van der Waals surface area contributed by atoms with Crippen molar-refractivity contribution in [2.75, 3.05) is 0 Å². The highest BCUT2D eigenvalue weighted by atomic mass is 32.2. The van der Waals surface area contributed by atoms with E-state index >= 15 is 0 Å². The monoisotopic (exact) mass is 362 g/mol. The van der Waals surface area contributed by atoms with Crippen LogP contribution in [0, 0.1) is 13.8 Å². The minimum Gasteiger partial charge on any atom is -0.223 e. The first-order valence-corrected chi connectivity index (χ1v) is 10.1. The Morgan fingerprint density at radius 2 is 1.27 bits per heavy atom. The Hall–Kier alpha value is -2.65. The summed E-state index contributed by atoms with van der Waals surface area (Å²) in [6, 6.07) is 24.4. The lowest BCUT2D eigenvalue weighted by molar-refractivity contribution is 0.590. The van der Waals surface area contributed by atoms with Crippen LogP contribution < -0.4 is 0 Å². The van der Waals surface area contributed by atoms with Crippen LogP contribution in [0.5, 0.6) is 0 Å². The van der Waals surface area contributed by atoms with Crippen LogP contribution in [-0.4, -0.2) is 8.42 Å². The second kappa shape index (κ2) is 7.71. The Bertz CT molecular complexity index is 984. The number of sulfone groups is 1. The summed E-state index contributed by atoms with van der Waals surface area (Å²) in [5.41, 5.74) is 3.96. The normalized spacial score (nSPS) is 13.0. The van der Waals surface area contributed by atoms with Gasteiger partial charge in [-0.15, -0.1) is 0 Å². The van der Waals surface area contributed by atoms with Gasteiger partial charge in [0.05, 0.1) is 4.90 Å². The first kappa shape index (κ1) is 18.2. The van der Waals surface area contributed by atoms with Gasteiger partial charge >= 0.3 is 0 Å². The van der Waals surface area contributed by atoms with E-state index in [4.69, 9.17) is 0 Å². The van der Waals surface area contributed by atoms with Gasteiger partial charge in [-0.3, -0.25) is 0 Å². The Morgan fingerprint density at radius 3 is 1.85 bits per heavy atom. The van der Waals surface area contributed by atoms with E-state index in [1.165, 1.54) is 5.56 Å². The van der Waals surface area contributed by atoms with Gasteiger partial charge < -0.3 is 0 Å². The van der Waals surface area contributed by atoms with Crippen LogP contribution in [0.1, 0.15) is 27.5 Å². The Labute approximate surface area is 155 Å². The lowest BCUT2D eigenvalue weighted by atomic mass is 10.1. The molecule has 0 fully saturated rings. The molecule has 3 heteroatoms. The Balaban J connectivity index is 2.03. The van der Waals surface area contributed by atoms with Crippen LogP contribution in [-0.2, 0) is 9.84 Å². The highest BCUT2D eigenvalue weighted by Gasteiger charge is 2.26. The largest absolute Gasteiger partial charge is 0.223 e. The molecule has 0 aliphatic carbocycles. The van der Waals surface area contributed by atoms with Gasteiger partial charge in [0, 0.05) is 0 Å². The predicted octanol–water partition coefficient (Wildman–Crippen LogP) is 5.53. The maximum atomic E-state index is 13.3. The number of hydrogen-bond donors (Lipinski definition) is 0. The van der Waals surface area contributed by atoms with Crippen molar-refractivity contribution >= 4 is 15.9 Å². The zero-order valence-corrected chi connectivity index (χ0v) is 15.8. The molecule has 2 nitrogen and oxygen atoms in total. The smallest absolute Gasteiger partial charge is 0.188 e. The van der Waals surface area contributed by atoms with Crippen LogP contribution in [0.4, 0.5) is 0 Å². The molecule has 0 N–H and O–H groups in total. The van der Waals surface area contributed by atoms with E-state index in [1.807, 2.05) is 86.7 Å². The molecular formula is C23H22O2S. The second-order valence-electron chi connectivity index (χ2n) is 6.46. The Kier molecular flexibility index (Phi) is 5.38. The molecule has 0 saturated heterocycles. The molecule has 0 heterocycles. The molecule has 3 aromatic rings. The summed E-state index contributed by atoms with van der Waals surface area (Å²) in [5.74, 6) is 0. The third kappa shape index (κ3) is 4.12. The highest BCUT2D eigenvalue weighted by molar-refractivity contribution is 7.91. The quantitative estimate of drug-likeness (QED) is 0.598. The molecule has 3 aromatic carbocycles. The average Bonchev–Trinajstić information content (AvgIpc) is 2.64. The van der Waals surface area contributed by atoms with Crippen LogP contribution in [0.2, 0.25) is 0 Å². The fourth-order valence-electron chi connectivity index (χ4n) is 2.79. The van der Waals surface area contributed by atoms with Crippen molar-refractivity contribution in [1.82, 2.24) is 0 Å². The van der Waals surface area contributed by atoms with Gasteiger partial charge in [0.2, 0.25) is 0 Å². The number of aryl methyl sites for hydroxylation is 2. The predicted molar refractivity (Wildman–Crippen MR) is 108 cm³/mol. The van der Waals surface area contributed by atoms with E-state index in [0.29, 0.717) is 4.90 Å². The fraction of sp³-hybridized carbons (Fsp3) is 0.130. The van der Waals surface area contributed by atoms with Crippen molar-refractivity contribution in [2.45, 2.75) is 24.0 Å². The molecule has 0 aliphatic rings. The summed E-state index contributed by atoms with van der Waals surface area (Å²) in [5, 5.41) is -0.729.